The van der Waals surface area contributed by atoms with Gasteiger partial charge < -0.3 is 9.73 Å². The van der Waals surface area contributed by atoms with Gasteiger partial charge in [0.15, 0.2) is 0 Å². The second kappa shape index (κ2) is 7.00. The molecule has 1 N–H and O–H groups in total. The fourth-order valence-electron chi connectivity index (χ4n) is 4.38. The Hall–Kier alpha value is -1.92. The molecule has 1 saturated heterocycles. The highest BCUT2D eigenvalue weighted by Crippen LogP contribution is 2.39. The fourth-order valence-corrected chi connectivity index (χ4v) is 5.61. The lowest BCUT2D eigenvalue weighted by Gasteiger charge is -2.33. The maximum absolute atomic E-state index is 5.77. The molecule has 136 valence electrons. The SMILES string of the molecule is c1coc(C(CNc2ncnc3sc4c(c23)CCC4)N2CCCCC2)c1. The van der Waals surface area contributed by atoms with E-state index in [1.54, 1.807) is 12.6 Å². The third-order valence-corrected chi connectivity index (χ3v) is 6.87. The summed E-state index contributed by atoms with van der Waals surface area (Å²) in [5.74, 6) is 2.03. The van der Waals surface area contributed by atoms with Gasteiger partial charge in [-0.15, -0.1) is 11.3 Å². The van der Waals surface area contributed by atoms with Crippen molar-refractivity contribution < 1.29 is 4.42 Å². The van der Waals surface area contributed by atoms with Crippen molar-refractivity contribution in [2.24, 2.45) is 0 Å². The second-order valence-corrected chi connectivity index (χ2v) is 8.35. The number of fused-ring (bicyclic) bond motifs is 3. The predicted molar refractivity (Wildman–Crippen MR) is 105 cm³/mol. The summed E-state index contributed by atoms with van der Waals surface area (Å²) >= 11 is 1.84. The monoisotopic (exact) mass is 368 g/mol. The molecule has 4 heterocycles. The van der Waals surface area contributed by atoms with E-state index in [9.17, 15) is 0 Å². The molecule has 1 atom stereocenters. The average Bonchev–Trinajstić information content (AvgIpc) is 3.40. The molecule has 0 spiro atoms. The first-order valence-electron chi connectivity index (χ1n) is 9.67. The molecule has 1 aliphatic heterocycles. The van der Waals surface area contributed by atoms with Crippen LogP contribution in [0.1, 0.15) is 47.9 Å². The van der Waals surface area contributed by atoms with Crippen molar-refractivity contribution in [3.63, 3.8) is 0 Å². The van der Waals surface area contributed by atoms with E-state index in [1.807, 2.05) is 17.4 Å². The zero-order valence-electron chi connectivity index (χ0n) is 14.9. The van der Waals surface area contributed by atoms with Crippen LogP contribution in [0.4, 0.5) is 5.82 Å². The summed E-state index contributed by atoms with van der Waals surface area (Å²) in [6, 6.07) is 4.33. The Balaban J connectivity index is 1.42. The topological polar surface area (TPSA) is 54.2 Å². The van der Waals surface area contributed by atoms with E-state index < -0.39 is 0 Å². The van der Waals surface area contributed by atoms with E-state index >= 15 is 0 Å². The average molecular weight is 369 g/mol. The molecule has 1 unspecified atom stereocenters. The Morgan fingerprint density at radius 2 is 2.08 bits per heavy atom. The van der Waals surface area contributed by atoms with E-state index in [4.69, 9.17) is 4.42 Å². The van der Waals surface area contributed by atoms with Crippen LogP contribution >= 0.6 is 11.3 Å². The minimum absolute atomic E-state index is 0.252. The van der Waals surface area contributed by atoms with E-state index in [2.05, 4.69) is 26.3 Å². The van der Waals surface area contributed by atoms with Crippen LogP contribution in [0.15, 0.2) is 29.1 Å². The van der Waals surface area contributed by atoms with Crippen LogP contribution in [-0.4, -0.2) is 34.5 Å². The number of anilines is 1. The van der Waals surface area contributed by atoms with Crippen LogP contribution < -0.4 is 5.32 Å². The maximum Gasteiger partial charge on any atom is 0.138 e. The molecule has 2 aliphatic rings. The molecule has 5 nitrogen and oxygen atoms in total. The van der Waals surface area contributed by atoms with E-state index in [1.165, 1.54) is 47.9 Å². The van der Waals surface area contributed by atoms with Crippen LogP contribution in [0.25, 0.3) is 10.2 Å². The summed E-state index contributed by atoms with van der Waals surface area (Å²) in [5, 5.41) is 4.89. The van der Waals surface area contributed by atoms with Crippen LogP contribution in [-0.2, 0) is 12.8 Å². The van der Waals surface area contributed by atoms with E-state index in [0.717, 1.165) is 42.5 Å². The Bertz CT molecular complexity index is 883. The zero-order valence-corrected chi connectivity index (χ0v) is 15.7. The predicted octanol–water partition coefficient (Wildman–Crippen LogP) is 4.41. The van der Waals surface area contributed by atoms with Gasteiger partial charge in [0.1, 0.15) is 22.7 Å². The van der Waals surface area contributed by atoms with Crippen molar-refractivity contribution in [2.45, 2.75) is 44.6 Å². The highest BCUT2D eigenvalue weighted by atomic mass is 32.1. The van der Waals surface area contributed by atoms with Crippen molar-refractivity contribution in [2.75, 3.05) is 25.0 Å². The maximum atomic E-state index is 5.77. The van der Waals surface area contributed by atoms with Gasteiger partial charge in [0.25, 0.3) is 0 Å². The van der Waals surface area contributed by atoms with E-state index in [0.29, 0.717) is 0 Å². The number of hydrogen-bond donors (Lipinski definition) is 1. The van der Waals surface area contributed by atoms with Crippen LogP contribution in [0.2, 0.25) is 0 Å². The molecule has 26 heavy (non-hydrogen) atoms. The van der Waals surface area contributed by atoms with Crippen LogP contribution in [0.3, 0.4) is 0 Å². The first-order valence-corrected chi connectivity index (χ1v) is 10.5. The molecular weight excluding hydrogens is 344 g/mol. The number of likely N-dealkylation sites (tertiary alicyclic amines) is 1. The molecule has 0 saturated carbocycles. The molecule has 5 rings (SSSR count). The number of nitrogens with zero attached hydrogens (tertiary/aromatic N) is 3. The Labute approximate surface area is 157 Å². The minimum atomic E-state index is 0.252. The lowest BCUT2D eigenvalue weighted by atomic mass is 10.1. The normalized spacial score (nSPS) is 18.9. The molecular formula is C20H24N4OS. The first-order chi connectivity index (χ1) is 12.9. The van der Waals surface area contributed by atoms with Crippen molar-refractivity contribution in [3.05, 3.63) is 40.9 Å². The molecule has 0 aromatic carbocycles. The number of thiophene rings is 1. The molecule has 1 fully saturated rings. The van der Waals surface area contributed by atoms with Crippen molar-refractivity contribution in [3.8, 4) is 0 Å². The second-order valence-electron chi connectivity index (χ2n) is 7.27. The number of aryl methyl sites for hydroxylation is 2. The highest BCUT2D eigenvalue weighted by molar-refractivity contribution is 7.19. The number of rotatable bonds is 5. The first kappa shape index (κ1) is 16.3. The van der Waals surface area contributed by atoms with Crippen LogP contribution in [0.5, 0.6) is 0 Å². The van der Waals surface area contributed by atoms with E-state index in [-0.39, 0.29) is 6.04 Å². The van der Waals surface area contributed by atoms with Crippen molar-refractivity contribution in [1.82, 2.24) is 14.9 Å². The molecule has 0 bridgehead atoms. The van der Waals surface area contributed by atoms with Gasteiger partial charge in [-0.05, 0) is 62.9 Å². The third-order valence-electron chi connectivity index (χ3n) is 5.67. The number of hydrogen-bond acceptors (Lipinski definition) is 6. The van der Waals surface area contributed by atoms with Gasteiger partial charge in [0.05, 0.1) is 17.7 Å². The summed E-state index contributed by atoms with van der Waals surface area (Å²) in [6.07, 6.45) is 11.0. The summed E-state index contributed by atoms with van der Waals surface area (Å²) in [7, 11) is 0. The summed E-state index contributed by atoms with van der Waals surface area (Å²) in [5.41, 5.74) is 1.47. The smallest absolute Gasteiger partial charge is 0.138 e. The minimum Gasteiger partial charge on any atom is -0.468 e. The lowest BCUT2D eigenvalue weighted by Crippen LogP contribution is -2.37. The Morgan fingerprint density at radius 1 is 1.15 bits per heavy atom. The summed E-state index contributed by atoms with van der Waals surface area (Å²) < 4.78 is 5.77. The molecule has 0 radical (unpaired) electrons. The molecule has 1 aliphatic carbocycles. The van der Waals surface area contributed by atoms with Crippen molar-refractivity contribution >= 4 is 27.4 Å². The highest BCUT2D eigenvalue weighted by Gasteiger charge is 2.26. The van der Waals surface area contributed by atoms with Gasteiger partial charge in [0.2, 0.25) is 0 Å². The van der Waals surface area contributed by atoms with Gasteiger partial charge in [0, 0.05) is 11.4 Å². The van der Waals surface area contributed by atoms with Gasteiger partial charge in [-0.1, -0.05) is 6.42 Å². The quantitative estimate of drug-likeness (QED) is 0.723. The molecule has 3 aromatic rings. The number of aromatic nitrogens is 2. The zero-order chi connectivity index (χ0) is 17.3. The summed E-state index contributed by atoms with van der Waals surface area (Å²) in [4.78, 5) is 14.3. The standard InChI is InChI=1S/C20H24N4OS/c1-2-9-24(10-3-1)15(16-7-5-11-25-16)12-21-19-18-14-6-4-8-17(14)26-20(18)23-13-22-19/h5,7,11,13,15H,1-4,6,8-10,12H2,(H,21,22,23). The lowest BCUT2D eigenvalue weighted by molar-refractivity contribution is 0.153. The third kappa shape index (κ3) is 2.91. The Morgan fingerprint density at radius 3 is 2.92 bits per heavy atom. The number of furan rings is 1. The number of nitrogens with one attached hydrogen (secondary N) is 1. The number of piperidine rings is 1. The largest absolute Gasteiger partial charge is 0.468 e. The molecule has 6 heteroatoms. The van der Waals surface area contributed by atoms with Crippen LogP contribution in [0, 0.1) is 0 Å². The van der Waals surface area contributed by atoms with Gasteiger partial charge in [-0.25, -0.2) is 9.97 Å². The van der Waals surface area contributed by atoms with Gasteiger partial charge in [-0.3, -0.25) is 4.90 Å². The van der Waals surface area contributed by atoms with Gasteiger partial charge in [-0.2, -0.15) is 0 Å². The van der Waals surface area contributed by atoms with Gasteiger partial charge >= 0.3 is 0 Å². The Kier molecular flexibility index (Phi) is 4.38. The fraction of sp³-hybridized carbons (Fsp3) is 0.500. The summed E-state index contributed by atoms with van der Waals surface area (Å²) in [6.45, 7) is 3.09. The van der Waals surface area contributed by atoms with Crippen molar-refractivity contribution in [1.29, 1.82) is 0 Å². The molecule has 3 aromatic heterocycles. The molecule has 0 amide bonds.